The molecule has 0 aliphatic heterocycles. The highest BCUT2D eigenvalue weighted by Crippen LogP contribution is 2.25. The molecule has 0 amide bonds. The van der Waals surface area contributed by atoms with Gasteiger partial charge in [0, 0.05) is 31.4 Å². The molecule has 0 aromatic carbocycles. The molecule has 0 aromatic heterocycles. The summed E-state index contributed by atoms with van der Waals surface area (Å²) in [5, 5.41) is 4.52. The molecule has 1 rings (SSSR count). The third kappa shape index (κ3) is 5.11. The van der Waals surface area contributed by atoms with Crippen LogP contribution in [-0.4, -0.2) is 44.4 Å². The van der Waals surface area contributed by atoms with E-state index in [4.69, 9.17) is 4.89 Å². The van der Waals surface area contributed by atoms with Crippen molar-refractivity contribution >= 4 is 22.1 Å². The van der Waals surface area contributed by atoms with E-state index in [2.05, 4.69) is 9.37 Å². The number of sulfonamides is 1. The monoisotopic (exact) mass is 285 g/mol. The van der Waals surface area contributed by atoms with Crippen LogP contribution in [-0.2, 0) is 24.3 Å². The van der Waals surface area contributed by atoms with Crippen molar-refractivity contribution in [1.29, 1.82) is 0 Å². The molecular weight excluding hydrogens is 266 g/mol. The first-order valence-electron chi connectivity index (χ1n) is 5.41. The molecule has 1 aliphatic carbocycles. The third-order valence-corrected chi connectivity index (χ3v) is 4.49. The second-order valence-corrected chi connectivity index (χ2v) is 6.62. The van der Waals surface area contributed by atoms with Crippen molar-refractivity contribution in [2.75, 3.05) is 19.6 Å². The average Bonchev–Trinajstić information content (AvgIpc) is 2.28. The smallest absolute Gasteiger partial charge is 0.211 e. The molecule has 6 nitrogen and oxygen atoms in total. The van der Waals surface area contributed by atoms with Gasteiger partial charge in [0.1, 0.15) is 0 Å². The molecule has 0 heterocycles. The van der Waals surface area contributed by atoms with Gasteiger partial charge in [0.05, 0.1) is 12.4 Å². The van der Waals surface area contributed by atoms with Crippen molar-refractivity contribution in [1.82, 2.24) is 4.31 Å². The summed E-state index contributed by atoms with van der Waals surface area (Å²) in [5.41, 5.74) is 0. The van der Waals surface area contributed by atoms with Crippen molar-refractivity contribution in [2.45, 2.75) is 37.8 Å². The first-order chi connectivity index (χ1) is 7.95. The molecule has 8 heteroatoms. The second kappa shape index (κ2) is 6.91. The zero-order valence-corrected chi connectivity index (χ0v) is 11.9. The largest absolute Gasteiger partial charge is 0.213 e. The fraction of sp³-hybridized carbons (Fsp3) is 1.00. The van der Waals surface area contributed by atoms with E-state index in [0.29, 0.717) is 0 Å². The summed E-state index contributed by atoms with van der Waals surface area (Å²) in [6.07, 6.45) is 6.01. The van der Waals surface area contributed by atoms with Crippen LogP contribution in [0.2, 0.25) is 0 Å². The van der Waals surface area contributed by atoms with Gasteiger partial charge in [0.2, 0.25) is 10.0 Å². The van der Waals surface area contributed by atoms with Gasteiger partial charge in [0.15, 0.2) is 0 Å². The summed E-state index contributed by atoms with van der Waals surface area (Å²) in [5.74, 6) is 0. The number of hydrogen-bond donors (Lipinski definition) is 0. The normalized spacial score (nSPS) is 26.4. The van der Waals surface area contributed by atoms with Crippen LogP contribution >= 0.6 is 12.0 Å². The molecule has 1 fully saturated rings. The summed E-state index contributed by atoms with van der Waals surface area (Å²) in [4.78, 5) is 5.03. The van der Waals surface area contributed by atoms with Gasteiger partial charge in [-0.15, -0.1) is 4.33 Å². The van der Waals surface area contributed by atoms with Crippen LogP contribution in [0.25, 0.3) is 0 Å². The predicted octanol–water partition coefficient (Wildman–Crippen LogP) is 1.35. The lowest BCUT2D eigenvalue weighted by molar-refractivity contribution is -0.479. The summed E-state index contributed by atoms with van der Waals surface area (Å²) in [6.45, 7) is 0. The van der Waals surface area contributed by atoms with Crippen LogP contribution in [0.3, 0.4) is 0 Å². The molecule has 0 spiro atoms. The minimum Gasteiger partial charge on any atom is -0.213 e. The Bertz CT molecular complexity index is 313. The van der Waals surface area contributed by atoms with Crippen molar-refractivity contribution in [3.8, 4) is 0 Å². The molecule has 0 atom stereocenters. The van der Waals surface area contributed by atoms with Crippen LogP contribution < -0.4 is 0 Å². The van der Waals surface area contributed by atoms with E-state index in [1.54, 1.807) is 13.3 Å². The first kappa shape index (κ1) is 15.2. The molecular formula is C9H19NO5S2. The lowest BCUT2D eigenvalue weighted by Crippen LogP contribution is -2.40. The van der Waals surface area contributed by atoms with Crippen LogP contribution in [0.5, 0.6) is 0 Å². The minimum absolute atomic E-state index is 0.0219. The van der Waals surface area contributed by atoms with Crippen molar-refractivity contribution < 1.29 is 22.7 Å². The maximum atomic E-state index is 11.4. The van der Waals surface area contributed by atoms with E-state index in [9.17, 15) is 8.42 Å². The third-order valence-electron chi connectivity index (χ3n) is 2.95. The number of hydrogen-bond acceptors (Lipinski definition) is 6. The van der Waals surface area contributed by atoms with E-state index in [1.807, 2.05) is 0 Å². The summed E-state index contributed by atoms with van der Waals surface area (Å²) in [7, 11) is -1.49. The Balaban J connectivity index is 2.31. The summed E-state index contributed by atoms with van der Waals surface area (Å²) in [6, 6.07) is 0.0614. The zero-order chi connectivity index (χ0) is 12.9. The Morgan fingerprint density at radius 3 is 2.29 bits per heavy atom. The first-order valence-corrected chi connectivity index (χ1v) is 8.40. The molecule has 0 bridgehead atoms. The molecule has 0 unspecified atom stereocenters. The molecule has 0 aromatic rings. The van der Waals surface area contributed by atoms with Crippen LogP contribution in [0, 0.1) is 0 Å². The minimum atomic E-state index is -3.11. The molecule has 0 radical (unpaired) electrons. The van der Waals surface area contributed by atoms with E-state index in [0.717, 1.165) is 37.7 Å². The van der Waals surface area contributed by atoms with Gasteiger partial charge in [-0.2, -0.15) is 0 Å². The SMILES string of the molecule is CSOOOC1CCC(N(C)S(C)(=O)=O)CC1. The van der Waals surface area contributed by atoms with Crippen LogP contribution in [0.4, 0.5) is 0 Å². The highest BCUT2D eigenvalue weighted by atomic mass is 32.2. The Kier molecular flexibility index (Phi) is 6.18. The molecule has 1 saturated carbocycles. The van der Waals surface area contributed by atoms with E-state index >= 15 is 0 Å². The van der Waals surface area contributed by atoms with Gasteiger partial charge < -0.3 is 0 Å². The number of rotatable bonds is 6. The fourth-order valence-electron chi connectivity index (χ4n) is 1.88. The lowest BCUT2D eigenvalue weighted by Gasteiger charge is -2.32. The quantitative estimate of drug-likeness (QED) is 0.318. The average molecular weight is 285 g/mol. The lowest BCUT2D eigenvalue weighted by atomic mass is 9.93. The Labute approximate surface area is 107 Å². The van der Waals surface area contributed by atoms with Crippen LogP contribution in [0.15, 0.2) is 0 Å². The van der Waals surface area contributed by atoms with Gasteiger partial charge in [-0.1, -0.05) is 5.04 Å². The molecule has 17 heavy (non-hydrogen) atoms. The molecule has 0 N–H and O–H groups in total. The highest BCUT2D eigenvalue weighted by Gasteiger charge is 2.29. The van der Waals surface area contributed by atoms with Crippen LogP contribution in [0.1, 0.15) is 25.7 Å². The van der Waals surface area contributed by atoms with Gasteiger partial charge in [0.25, 0.3) is 0 Å². The summed E-state index contributed by atoms with van der Waals surface area (Å²) >= 11 is 1.06. The maximum Gasteiger partial charge on any atom is 0.211 e. The van der Waals surface area contributed by atoms with Gasteiger partial charge >= 0.3 is 0 Å². The summed E-state index contributed by atoms with van der Waals surface area (Å²) < 4.78 is 28.7. The topological polar surface area (TPSA) is 65.1 Å². The van der Waals surface area contributed by atoms with Crippen molar-refractivity contribution in [3.63, 3.8) is 0 Å². The molecule has 0 saturated heterocycles. The Hall–Kier alpha value is 0.140. The van der Waals surface area contributed by atoms with E-state index in [1.165, 1.54) is 10.6 Å². The molecule has 102 valence electrons. The Morgan fingerprint density at radius 1 is 1.24 bits per heavy atom. The van der Waals surface area contributed by atoms with Crippen molar-refractivity contribution in [2.24, 2.45) is 0 Å². The second-order valence-electron chi connectivity index (χ2n) is 4.11. The standard InChI is InChI=1S/C9H19NO5S2/c1-10(17(3,11)12)8-4-6-9(7-5-8)13-14-15-16-2/h8-9H,4-7H2,1-3H3. The number of nitrogens with zero attached hydrogens (tertiary/aromatic N) is 1. The van der Waals surface area contributed by atoms with Crippen molar-refractivity contribution in [3.05, 3.63) is 0 Å². The maximum absolute atomic E-state index is 11.4. The van der Waals surface area contributed by atoms with E-state index < -0.39 is 10.0 Å². The predicted molar refractivity (Wildman–Crippen MR) is 65.4 cm³/mol. The molecule has 1 aliphatic rings. The Morgan fingerprint density at radius 2 is 1.82 bits per heavy atom. The van der Waals surface area contributed by atoms with Gasteiger partial charge in [-0.25, -0.2) is 17.6 Å². The van der Waals surface area contributed by atoms with Gasteiger partial charge in [-0.05, 0) is 25.7 Å². The zero-order valence-electron chi connectivity index (χ0n) is 10.3. The highest BCUT2D eigenvalue weighted by molar-refractivity contribution is 7.93. The van der Waals surface area contributed by atoms with Gasteiger partial charge in [-0.3, -0.25) is 0 Å². The fourth-order valence-corrected chi connectivity index (χ4v) is 2.72. The van der Waals surface area contributed by atoms with E-state index in [-0.39, 0.29) is 12.1 Å².